The zero-order valence-corrected chi connectivity index (χ0v) is 19.8. The summed E-state index contributed by atoms with van der Waals surface area (Å²) in [7, 11) is -2.43. The van der Waals surface area contributed by atoms with Gasteiger partial charge in [-0.05, 0) is 25.0 Å². The van der Waals surface area contributed by atoms with Crippen LogP contribution in [0.15, 0.2) is 23.2 Å². The Morgan fingerprint density at radius 2 is 2.06 bits per heavy atom. The molecular formula is C20H17F2N9O2S2. The van der Waals surface area contributed by atoms with Crippen molar-refractivity contribution in [3.8, 4) is 22.5 Å². The zero-order chi connectivity index (χ0) is 24.5. The molecule has 35 heavy (non-hydrogen) atoms. The number of fused-ring (bicyclic) bond motifs is 2. The molecule has 4 aromatic rings. The number of hydrogen-bond donors (Lipinski definition) is 2. The summed E-state index contributed by atoms with van der Waals surface area (Å²) in [6, 6.07) is 4.92. The van der Waals surface area contributed by atoms with Crippen molar-refractivity contribution in [2.24, 2.45) is 7.05 Å². The average molecular weight is 518 g/mol. The molecule has 4 heterocycles. The van der Waals surface area contributed by atoms with E-state index in [2.05, 4.69) is 30.4 Å². The number of benzene rings is 1. The quantitative estimate of drug-likeness (QED) is 0.396. The van der Waals surface area contributed by atoms with Crippen molar-refractivity contribution in [2.45, 2.75) is 42.8 Å². The molecule has 180 valence electrons. The van der Waals surface area contributed by atoms with Crippen LogP contribution in [-0.4, -0.2) is 43.7 Å². The van der Waals surface area contributed by atoms with Crippen LogP contribution in [0.2, 0.25) is 0 Å². The van der Waals surface area contributed by atoms with Gasteiger partial charge in [0.1, 0.15) is 11.2 Å². The summed E-state index contributed by atoms with van der Waals surface area (Å²) in [5.41, 5.74) is 1.93. The molecule has 0 spiro atoms. The summed E-state index contributed by atoms with van der Waals surface area (Å²) in [5, 5.41) is 29.1. The Balaban J connectivity index is 1.58. The van der Waals surface area contributed by atoms with E-state index in [0.29, 0.717) is 53.9 Å². The topological polar surface area (TPSA) is 143 Å². The van der Waals surface area contributed by atoms with Crippen LogP contribution in [-0.2, 0) is 30.2 Å². The largest absolute Gasteiger partial charge is 0.307 e. The molecule has 1 saturated carbocycles. The van der Waals surface area contributed by atoms with Crippen LogP contribution < -0.4 is 10.0 Å². The number of nitrogens with one attached hydrogen (secondary N) is 2. The lowest BCUT2D eigenvalue weighted by molar-refractivity contribution is 0.150. The number of rotatable bonds is 6. The van der Waals surface area contributed by atoms with Crippen LogP contribution in [0.1, 0.15) is 35.5 Å². The van der Waals surface area contributed by atoms with E-state index in [4.69, 9.17) is 0 Å². The third-order valence-corrected chi connectivity index (χ3v) is 8.51. The van der Waals surface area contributed by atoms with Crippen LogP contribution in [0.3, 0.4) is 0 Å². The molecule has 6 rings (SSSR count). The first kappa shape index (κ1) is 22.2. The fourth-order valence-corrected chi connectivity index (χ4v) is 6.25. The fourth-order valence-electron chi connectivity index (χ4n) is 4.13. The number of hydrogen-bond acceptors (Lipinski definition) is 9. The zero-order valence-electron chi connectivity index (χ0n) is 18.2. The van der Waals surface area contributed by atoms with E-state index in [1.165, 1.54) is 16.8 Å². The van der Waals surface area contributed by atoms with Crippen molar-refractivity contribution in [1.82, 2.24) is 39.8 Å². The third kappa shape index (κ3) is 3.60. The lowest BCUT2D eigenvalue weighted by Crippen LogP contribution is -2.35. The third-order valence-electron chi connectivity index (χ3n) is 6.06. The first-order valence-electron chi connectivity index (χ1n) is 10.6. The molecule has 0 atom stereocenters. The smallest absolute Gasteiger partial charge is 0.291 e. The molecule has 11 nitrogen and oxygen atoms in total. The molecule has 1 aromatic carbocycles. The predicted octanol–water partition coefficient (Wildman–Crippen LogP) is 2.15. The van der Waals surface area contributed by atoms with Crippen LogP contribution >= 0.6 is 11.3 Å². The number of alkyl halides is 2. The van der Waals surface area contributed by atoms with E-state index in [-0.39, 0.29) is 15.6 Å². The van der Waals surface area contributed by atoms with Gasteiger partial charge in [-0.1, -0.05) is 11.3 Å². The van der Waals surface area contributed by atoms with Gasteiger partial charge in [0.25, 0.3) is 6.43 Å². The van der Waals surface area contributed by atoms with E-state index < -0.39 is 27.0 Å². The number of sulfonamides is 1. The van der Waals surface area contributed by atoms with Gasteiger partial charge in [0.2, 0.25) is 10.0 Å². The Morgan fingerprint density at radius 1 is 1.26 bits per heavy atom. The minimum absolute atomic E-state index is 0.0943. The van der Waals surface area contributed by atoms with E-state index in [9.17, 15) is 22.5 Å². The minimum Gasteiger partial charge on any atom is -0.307 e. The number of aryl methyl sites for hydroxylation is 1. The molecule has 0 unspecified atom stereocenters. The summed E-state index contributed by atoms with van der Waals surface area (Å²) in [6.07, 6.45) is -0.114. The van der Waals surface area contributed by atoms with Crippen molar-refractivity contribution < 1.29 is 17.2 Å². The average Bonchev–Trinajstić information content (AvgIpc) is 3.25. The monoisotopic (exact) mass is 517 g/mol. The first-order valence-corrected chi connectivity index (χ1v) is 12.9. The van der Waals surface area contributed by atoms with Gasteiger partial charge in [-0.2, -0.15) is 20.2 Å². The van der Waals surface area contributed by atoms with E-state index in [0.717, 1.165) is 11.3 Å². The van der Waals surface area contributed by atoms with Gasteiger partial charge < -0.3 is 5.32 Å². The summed E-state index contributed by atoms with van der Waals surface area (Å²) >= 11 is 0.693. The maximum absolute atomic E-state index is 13.3. The molecule has 3 aromatic heterocycles. The molecule has 2 N–H and O–H groups in total. The van der Waals surface area contributed by atoms with Gasteiger partial charge in [-0.3, -0.25) is 4.68 Å². The summed E-state index contributed by atoms with van der Waals surface area (Å²) in [6.45, 7) is 1.23. The molecule has 1 fully saturated rings. The Morgan fingerprint density at radius 3 is 2.71 bits per heavy atom. The van der Waals surface area contributed by atoms with E-state index >= 15 is 0 Å². The normalized spacial score (nSPS) is 16.7. The van der Waals surface area contributed by atoms with E-state index in [1.54, 1.807) is 11.7 Å². The van der Waals surface area contributed by atoms with Crippen LogP contribution in [0.5, 0.6) is 0 Å². The summed E-state index contributed by atoms with van der Waals surface area (Å²) in [4.78, 5) is -0.0943. The first-order chi connectivity index (χ1) is 16.7. The van der Waals surface area contributed by atoms with Gasteiger partial charge in [0.05, 0.1) is 27.9 Å². The highest BCUT2D eigenvalue weighted by Gasteiger charge is 2.47. The lowest BCUT2D eigenvalue weighted by Gasteiger charge is -2.13. The maximum atomic E-state index is 13.3. The highest BCUT2D eigenvalue weighted by atomic mass is 32.2. The van der Waals surface area contributed by atoms with Crippen LogP contribution in [0.4, 0.5) is 8.78 Å². The van der Waals surface area contributed by atoms with Crippen LogP contribution in [0.25, 0.3) is 27.3 Å². The SMILES string of the molecule is Cn1nc(-c2nnc(C(F)F)s2)c2cc(S(=O)(=O)NC3(C#N)CC3)cc(-n3cc4c(n3)CNC4)c21. The second kappa shape index (κ2) is 7.59. The van der Waals surface area contributed by atoms with Gasteiger partial charge >= 0.3 is 0 Å². The molecular weight excluding hydrogens is 500 g/mol. The molecule has 2 aliphatic rings. The van der Waals surface area contributed by atoms with Gasteiger partial charge in [0, 0.05) is 37.3 Å². The standard InChI is InChI=1S/C20H17F2N9O2S2/c1-30-16-12(15(28-30)18-25-26-19(34-18)17(21)22)4-11(35(32,33)29-20(9-23)2-3-20)5-14(16)31-8-10-6-24-7-13(10)27-31/h4-5,8,17,24,29H,2-3,6-7H2,1H3. The van der Waals surface area contributed by atoms with Crippen LogP contribution in [0, 0.1) is 11.3 Å². The molecule has 1 aliphatic heterocycles. The maximum Gasteiger partial charge on any atom is 0.291 e. The Hall–Kier alpha value is -3.32. The van der Waals surface area contributed by atoms with Gasteiger partial charge in [-0.15, -0.1) is 10.2 Å². The van der Waals surface area contributed by atoms with Gasteiger partial charge in [-0.25, -0.2) is 21.9 Å². The molecule has 1 aliphatic carbocycles. The fraction of sp³-hybridized carbons (Fsp3) is 0.350. The van der Waals surface area contributed by atoms with E-state index in [1.807, 2.05) is 12.3 Å². The Bertz CT molecular complexity index is 1620. The van der Waals surface area contributed by atoms with Gasteiger partial charge in [0.15, 0.2) is 10.0 Å². The Kier molecular flexibility index (Phi) is 4.81. The molecule has 0 radical (unpaired) electrons. The molecule has 0 saturated heterocycles. The minimum atomic E-state index is -4.10. The van der Waals surface area contributed by atoms with Crippen molar-refractivity contribution in [2.75, 3.05) is 0 Å². The summed E-state index contributed by atoms with van der Waals surface area (Å²) in [5.74, 6) is 0. The van der Waals surface area contributed by atoms with Crippen molar-refractivity contribution in [3.05, 3.63) is 34.6 Å². The summed E-state index contributed by atoms with van der Waals surface area (Å²) < 4.78 is 58.5. The Labute approximate surface area is 201 Å². The second-order valence-electron chi connectivity index (χ2n) is 8.51. The number of nitriles is 1. The van der Waals surface area contributed by atoms with Crippen molar-refractivity contribution in [3.63, 3.8) is 0 Å². The lowest BCUT2D eigenvalue weighted by atomic mass is 10.2. The number of aromatic nitrogens is 6. The highest BCUT2D eigenvalue weighted by Crippen LogP contribution is 2.39. The number of halogens is 2. The second-order valence-corrected chi connectivity index (χ2v) is 11.2. The highest BCUT2D eigenvalue weighted by molar-refractivity contribution is 7.89. The van der Waals surface area contributed by atoms with Crippen molar-refractivity contribution in [1.29, 1.82) is 5.26 Å². The number of nitrogens with zero attached hydrogens (tertiary/aromatic N) is 7. The predicted molar refractivity (Wildman–Crippen MR) is 120 cm³/mol. The van der Waals surface area contributed by atoms with Crippen molar-refractivity contribution >= 4 is 32.3 Å². The molecule has 0 bridgehead atoms. The molecule has 15 heteroatoms. The molecule has 0 amide bonds.